The Balaban J connectivity index is 1.82. The van der Waals surface area contributed by atoms with Crippen molar-refractivity contribution in [2.45, 2.75) is 12.5 Å². The molecule has 1 aromatic carbocycles. The van der Waals surface area contributed by atoms with E-state index in [4.69, 9.17) is 16.6 Å². The molecule has 1 aliphatic rings. The highest BCUT2D eigenvalue weighted by Crippen LogP contribution is 2.32. The zero-order valence-electron chi connectivity index (χ0n) is 12.8. The van der Waals surface area contributed by atoms with Gasteiger partial charge in [0, 0.05) is 31.9 Å². The van der Waals surface area contributed by atoms with Crippen molar-refractivity contribution in [1.82, 2.24) is 14.5 Å². The quantitative estimate of drug-likeness (QED) is 0.786. The second-order valence-electron chi connectivity index (χ2n) is 5.89. The van der Waals surface area contributed by atoms with Crippen LogP contribution in [0, 0.1) is 0 Å². The van der Waals surface area contributed by atoms with Gasteiger partial charge in [0.2, 0.25) is 0 Å². The predicted octanol–water partition coefficient (Wildman–Crippen LogP) is 2.86. The van der Waals surface area contributed by atoms with Gasteiger partial charge in [-0.1, -0.05) is 23.7 Å². The van der Waals surface area contributed by atoms with E-state index in [0.717, 1.165) is 41.2 Å². The molecule has 0 bridgehead atoms. The summed E-state index contributed by atoms with van der Waals surface area (Å²) < 4.78 is 2.04. The lowest BCUT2D eigenvalue weighted by atomic mass is 10.2. The van der Waals surface area contributed by atoms with Gasteiger partial charge in [0.25, 0.3) is 0 Å². The Morgan fingerprint density at radius 2 is 2.13 bits per heavy atom. The zero-order valence-corrected chi connectivity index (χ0v) is 13.5. The van der Waals surface area contributed by atoms with E-state index in [1.54, 1.807) is 6.20 Å². The Morgan fingerprint density at radius 1 is 1.30 bits per heavy atom. The van der Waals surface area contributed by atoms with Crippen LogP contribution in [0.25, 0.3) is 22.4 Å². The van der Waals surface area contributed by atoms with Crippen LogP contribution in [0.4, 0.5) is 5.82 Å². The fourth-order valence-corrected chi connectivity index (χ4v) is 3.30. The first kappa shape index (κ1) is 14.5. The second-order valence-corrected chi connectivity index (χ2v) is 6.30. The van der Waals surface area contributed by atoms with Gasteiger partial charge in [-0.05, 0) is 24.6 Å². The van der Waals surface area contributed by atoms with E-state index in [1.807, 2.05) is 41.9 Å². The highest BCUT2D eigenvalue weighted by molar-refractivity contribution is 6.33. The Kier molecular flexibility index (Phi) is 3.47. The number of aromatic nitrogens is 3. The number of anilines is 1. The van der Waals surface area contributed by atoms with Crippen molar-refractivity contribution >= 4 is 28.5 Å². The number of imidazole rings is 1. The van der Waals surface area contributed by atoms with Crippen molar-refractivity contribution in [3.8, 4) is 11.4 Å². The maximum absolute atomic E-state index is 9.73. The maximum atomic E-state index is 9.73. The summed E-state index contributed by atoms with van der Waals surface area (Å²) in [6.45, 7) is 1.41. The number of nitrogens with zero attached hydrogens (tertiary/aromatic N) is 4. The standard InChI is InChI=1S/C17H17ClN4O/c1-21-15-5-3-2-4-14(15)20-17(21)12-8-16(19-9-13(12)18)22-7-6-11(23)10-22/h2-5,8-9,11,23H,6-7,10H2,1H3/t11-/m0/s1. The van der Waals surface area contributed by atoms with Gasteiger partial charge in [0.1, 0.15) is 11.6 Å². The minimum atomic E-state index is -0.285. The maximum Gasteiger partial charge on any atom is 0.142 e. The van der Waals surface area contributed by atoms with Crippen LogP contribution in [0.1, 0.15) is 6.42 Å². The average Bonchev–Trinajstić information content (AvgIpc) is 3.13. The first-order chi connectivity index (χ1) is 11.1. The Morgan fingerprint density at radius 3 is 2.87 bits per heavy atom. The van der Waals surface area contributed by atoms with Gasteiger partial charge in [-0.15, -0.1) is 0 Å². The molecule has 4 rings (SSSR count). The van der Waals surface area contributed by atoms with Crippen LogP contribution in [0.2, 0.25) is 5.02 Å². The van der Waals surface area contributed by atoms with Crippen molar-refractivity contribution in [3.05, 3.63) is 41.6 Å². The number of pyridine rings is 1. The number of hydrogen-bond acceptors (Lipinski definition) is 4. The van der Waals surface area contributed by atoms with E-state index < -0.39 is 0 Å². The third-order valence-electron chi connectivity index (χ3n) is 4.36. The molecule has 1 atom stereocenters. The molecule has 118 valence electrons. The number of rotatable bonds is 2. The molecule has 3 aromatic rings. The van der Waals surface area contributed by atoms with E-state index in [0.29, 0.717) is 11.6 Å². The summed E-state index contributed by atoms with van der Waals surface area (Å²) in [4.78, 5) is 11.2. The van der Waals surface area contributed by atoms with Gasteiger partial charge in [-0.25, -0.2) is 9.97 Å². The molecule has 5 nitrogen and oxygen atoms in total. The molecule has 0 unspecified atom stereocenters. The van der Waals surface area contributed by atoms with Crippen LogP contribution in [-0.4, -0.2) is 38.8 Å². The number of hydrogen-bond donors (Lipinski definition) is 1. The molecule has 1 N–H and O–H groups in total. The molecule has 0 spiro atoms. The van der Waals surface area contributed by atoms with Crippen LogP contribution >= 0.6 is 11.6 Å². The first-order valence-corrected chi connectivity index (χ1v) is 8.01. The summed E-state index contributed by atoms with van der Waals surface area (Å²) >= 11 is 6.38. The van der Waals surface area contributed by atoms with E-state index in [-0.39, 0.29) is 6.10 Å². The lowest BCUT2D eigenvalue weighted by molar-refractivity contribution is 0.198. The molecule has 6 heteroatoms. The minimum Gasteiger partial charge on any atom is -0.391 e. The fraction of sp³-hybridized carbons (Fsp3) is 0.294. The molecule has 0 saturated carbocycles. The van der Waals surface area contributed by atoms with E-state index in [9.17, 15) is 5.11 Å². The van der Waals surface area contributed by atoms with Gasteiger partial charge >= 0.3 is 0 Å². The number of para-hydroxylation sites is 2. The summed E-state index contributed by atoms with van der Waals surface area (Å²) in [6.07, 6.45) is 2.15. The van der Waals surface area contributed by atoms with E-state index in [2.05, 4.69) is 9.88 Å². The van der Waals surface area contributed by atoms with Crippen LogP contribution in [0.3, 0.4) is 0 Å². The van der Waals surface area contributed by atoms with Crippen molar-refractivity contribution in [2.24, 2.45) is 7.05 Å². The highest BCUT2D eigenvalue weighted by Gasteiger charge is 2.23. The number of halogens is 1. The lowest BCUT2D eigenvalue weighted by Gasteiger charge is -2.17. The fourth-order valence-electron chi connectivity index (χ4n) is 3.11. The van der Waals surface area contributed by atoms with Crippen molar-refractivity contribution in [2.75, 3.05) is 18.0 Å². The summed E-state index contributed by atoms with van der Waals surface area (Å²) in [5, 5.41) is 10.3. The van der Waals surface area contributed by atoms with Crippen molar-refractivity contribution in [1.29, 1.82) is 0 Å². The number of aliphatic hydroxyl groups is 1. The van der Waals surface area contributed by atoms with Gasteiger partial charge in [-0.3, -0.25) is 0 Å². The first-order valence-electron chi connectivity index (χ1n) is 7.64. The molecular formula is C17H17ClN4O. The third kappa shape index (κ3) is 2.46. The average molecular weight is 329 g/mol. The normalized spacial score (nSPS) is 18.0. The molecule has 1 saturated heterocycles. The van der Waals surface area contributed by atoms with Gasteiger partial charge in [0.05, 0.1) is 22.2 Å². The Labute approximate surface area is 139 Å². The lowest BCUT2D eigenvalue weighted by Crippen LogP contribution is -2.22. The molecule has 0 radical (unpaired) electrons. The van der Waals surface area contributed by atoms with Crippen molar-refractivity contribution < 1.29 is 5.11 Å². The number of aryl methyl sites for hydroxylation is 1. The molecule has 0 aliphatic carbocycles. The summed E-state index contributed by atoms with van der Waals surface area (Å²) in [7, 11) is 1.99. The predicted molar refractivity (Wildman–Crippen MR) is 91.8 cm³/mol. The highest BCUT2D eigenvalue weighted by atomic mass is 35.5. The molecule has 1 fully saturated rings. The topological polar surface area (TPSA) is 54.2 Å². The van der Waals surface area contributed by atoms with Gasteiger partial charge < -0.3 is 14.6 Å². The van der Waals surface area contributed by atoms with E-state index in [1.165, 1.54) is 0 Å². The Hall–Kier alpha value is -2.11. The molecule has 3 heterocycles. The molecule has 23 heavy (non-hydrogen) atoms. The largest absolute Gasteiger partial charge is 0.391 e. The second kappa shape index (κ2) is 5.51. The van der Waals surface area contributed by atoms with Crippen LogP contribution < -0.4 is 4.90 Å². The number of benzene rings is 1. The monoisotopic (exact) mass is 328 g/mol. The van der Waals surface area contributed by atoms with Gasteiger partial charge in [-0.2, -0.15) is 0 Å². The van der Waals surface area contributed by atoms with Gasteiger partial charge in [0.15, 0.2) is 0 Å². The van der Waals surface area contributed by atoms with Crippen LogP contribution in [0.5, 0.6) is 0 Å². The van der Waals surface area contributed by atoms with Crippen LogP contribution in [0.15, 0.2) is 36.5 Å². The molecular weight excluding hydrogens is 312 g/mol. The van der Waals surface area contributed by atoms with Crippen molar-refractivity contribution in [3.63, 3.8) is 0 Å². The van der Waals surface area contributed by atoms with Crippen LogP contribution in [-0.2, 0) is 7.05 Å². The Bertz CT molecular complexity index is 876. The van der Waals surface area contributed by atoms with E-state index >= 15 is 0 Å². The molecule has 1 aliphatic heterocycles. The minimum absolute atomic E-state index is 0.285. The molecule has 0 amide bonds. The number of β-amino-alcohol motifs (C(OH)–C–C–N with tert-alkyl or cyclic N) is 1. The molecule has 2 aromatic heterocycles. The smallest absolute Gasteiger partial charge is 0.142 e. The third-order valence-corrected chi connectivity index (χ3v) is 4.66. The zero-order chi connectivity index (χ0) is 16.0. The number of fused-ring (bicyclic) bond motifs is 1. The summed E-state index contributed by atoms with van der Waals surface area (Å²) in [5.74, 6) is 1.65. The summed E-state index contributed by atoms with van der Waals surface area (Å²) in [5.41, 5.74) is 2.86. The SMILES string of the molecule is Cn1c(-c2cc(N3CC[C@H](O)C3)ncc2Cl)nc2ccccc21. The number of aliphatic hydroxyl groups excluding tert-OH is 1. The summed E-state index contributed by atoms with van der Waals surface area (Å²) in [6, 6.07) is 9.97.